The number of alkyl halides is 2. The largest absolute Gasteiger partial charge is 0.326 e. The lowest BCUT2D eigenvalue weighted by Gasteiger charge is -2.11. The first kappa shape index (κ1) is 24.1. The van der Waals surface area contributed by atoms with E-state index in [0.717, 1.165) is 0 Å². The monoisotopic (exact) mass is 544 g/mol. The number of rotatable bonds is 5. The molecule has 2 N–H and O–H groups in total. The highest BCUT2D eigenvalue weighted by atomic mass is 35.5. The second-order valence-electron chi connectivity index (χ2n) is 7.45. The van der Waals surface area contributed by atoms with Crippen molar-refractivity contribution >= 4 is 81.2 Å². The van der Waals surface area contributed by atoms with Crippen molar-refractivity contribution in [2.75, 3.05) is 10.6 Å². The summed E-state index contributed by atoms with van der Waals surface area (Å²) in [5.41, 5.74) is 1.04. The van der Waals surface area contributed by atoms with E-state index < -0.39 is 33.8 Å². The van der Waals surface area contributed by atoms with Gasteiger partial charge in [0.1, 0.15) is 10.2 Å². The summed E-state index contributed by atoms with van der Waals surface area (Å²) in [6.45, 7) is 0. The zero-order valence-corrected chi connectivity index (χ0v) is 20.3. The third kappa shape index (κ3) is 5.08. The molecule has 2 unspecified atom stereocenters. The van der Waals surface area contributed by atoms with Gasteiger partial charge in [-0.3, -0.25) is 9.59 Å². The maximum atomic E-state index is 13.9. The van der Waals surface area contributed by atoms with Crippen LogP contribution in [-0.2, 0) is 4.79 Å². The van der Waals surface area contributed by atoms with Crippen molar-refractivity contribution in [3.63, 3.8) is 0 Å². The quantitative estimate of drug-likeness (QED) is 0.325. The Kier molecular flexibility index (Phi) is 6.81. The number of anilines is 2. The van der Waals surface area contributed by atoms with Crippen molar-refractivity contribution < 1.29 is 14.0 Å². The van der Waals surface area contributed by atoms with E-state index in [0.29, 0.717) is 21.3 Å². The SMILES string of the molecule is O=C(Nc1cc(NC(=O)C2C(c3cc(Cl)cc(Cl)c3)C2(Cl)Cl)ccc1Cl)c1ccccc1F. The summed E-state index contributed by atoms with van der Waals surface area (Å²) in [5.74, 6) is -3.06. The van der Waals surface area contributed by atoms with Crippen LogP contribution < -0.4 is 10.6 Å². The molecule has 0 aliphatic heterocycles. The molecule has 170 valence electrons. The summed E-state index contributed by atoms with van der Waals surface area (Å²) in [6, 6.07) is 14.9. The zero-order chi connectivity index (χ0) is 23.9. The molecule has 3 aromatic carbocycles. The lowest BCUT2D eigenvalue weighted by Crippen LogP contribution is -2.18. The average molecular weight is 547 g/mol. The van der Waals surface area contributed by atoms with Gasteiger partial charge >= 0.3 is 0 Å². The van der Waals surface area contributed by atoms with E-state index in [1.54, 1.807) is 30.3 Å². The third-order valence-electron chi connectivity index (χ3n) is 5.18. The molecule has 1 saturated carbocycles. The summed E-state index contributed by atoms with van der Waals surface area (Å²) in [6.07, 6.45) is 0. The molecule has 33 heavy (non-hydrogen) atoms. The average Bonchev–Trinajstić information content (AvgIpc) is 3.32. The second kappa shape index (κ2) is 9.32. The Labute approximate surface area is 213 Å². The van der Waals surface area contributed by atoms with E-state index in [-0.39, 0.29) is 16.3 Å². The maximum Gasteiger partial charge on any atom is 0.258 e. The Morgan fingerprint density at radius 3 is 2.21 bits per heavy atom. The van der Waals surface area contributed by atoms with Crippen molar-refractivity contribution in [2.45, 2.75) is 10.3 Å². The molecule has 3 aromatic rings. The lowest BCUT2D eigenvalue weighted by atomic mass is 10.1. The predicted molar refractivity (Wildman–Crippen MR) is 132 cm³/mol. The Bertz CT molecular complexity index is 1250. The van der Waals surface area contributed by atoms with Crippen LogP contribution in [0.3, 0.4) is 0 Å². The van der Waals surface area contributed by atoms with Crippen LogP contribution in [0.15, 0.2) is 60.7 Å². The second-order valence-corrected chi connectivity index (χ2v) is 10.2. The van der Waals surface area contributed by atoms with Crippen LogP contribution in [-0.4, -0.2) is 16.1 Å². The van der Waals surface area contributed by atoms with E-state index in [9.17, 15) is 14.0 Å². The van der Waals surface area contributed by atoms with Gasteiger partial charge in [-0.05, 0) is 54.1 Å². The van der Waals surface area contributed by atoms with E-state index in [1.165, 1.54) is 30.3 Å². The fourth-order valence-electron chi connectivity index (χ4n) is 3.58. The summed E-state index contributed by atoms with van der Waals surface area (Å²) in [7, 11) is 0. The number of halogens is 6. The number of benzene rings is 3. The topological polar surface area (TPSA) is 58.2 Å². The number of hydrogen-bond donors (Lipinski definition) is 2. The molecular formula is C23H14Cl5FN2O2. The molecule has 4 rings (SSSR count). The molecule has 0 radical (unpaired) electrons. The van der Waals surface area contributed by atoms with Crippen molar-refractivity contribution in [3.05, 3.63) is 92.7 Å². The van der Waals surface area contributed by atoms with E-state index >= 15 is 0 Å². The van der Waals surface area contributed by atoms with Crippen molar-refractivity contribution in [3.8, 4) is 0 Å². The van der Waals surface area contributed by atoms with Gasteiger partial charge in [0.2, 0.25) is 5.91 Å². The summed E-state index contributed by atoms with van der Waals surface area (Å²) in [4.78, 5) is 25.3. The first-order valence-electron chi connectivity index (χ1n) is 9.58. The van der Waals surface area contributed by atoms with Crippen molar-refractivity contribution in [2.24, 2.45) is 5.92 Å². The van der Waals surface area contributed by atoms with Gasteiger partial charge < -0.3 is 10.6 Å². The van der Waals surface area contributed by atoms with E-state index in [2.05, 4.69) is 10.6 Å². The van der Waals surface area contributed by atoms with Crippen LogP contribution >= 0.6 is 58.0 Å². The predicted octanol–water partition coefficient (Wildman–Crippen LogP) is 7.56. The highest BCUT2D eigenvalue weighted by Gasteiger charge is 2.67. The number of carbonyl (C=O) groups excluding carboxylic acids is 2. The number of nitrogens with one attached hydrogen (secondary N) is 2. The fraction of sp³-hybridized carbons (Fsp3) is 0.130. The van der Waals surface area contributed by atoms with Gasteiger partial charge in [0, 0.05) is 21.7 Å². The Balaban J connectivity index is 1.51. The molecule has 2 atom stereocenters. The Hall–Kier alpha value is -2.02. The maximum absolute atomic E-state index is 13.9. The summed E-state index contributed by atoms with van der Waals surface area (Å²) in [5, 5.41) is 6.28. The molecule has 2 amide bonds. The van der Waals surface area contributed by atoms with Crippen LogP contribution in [0.2, 0.25) is 15.1 Å². The highest BCUT2D eigenvalue weighted by molar-refractivity contribution is 6.53. The number of amides is 2. The minimum Gasteiger partial charge on any atom is -0.326 e. The summed E-state index contributed by atoms with van der Waals surface area (Å²) >= 11 is 31.1. The molecule has 0 spiro atoms. The lowest BCUT2D eigenvalue weighted by molar-refractivity contribution is -0.117. The van der Waals surface area contributed by atoms with Crippen LogP contribution in [0, 0.1) is 11.7 Å². The van der Waals surface area contributed by atoms with Crippen LogP contribution in [0.5, 0.6) is 0 Å². The number of carbonyl (C=O) groups is 2. The van der Waals surface area contributed by atoms with Gasteiger partial charge in [0.25, 0.3) is 5.91 Å². The third-order valence-corrected chi connectivity index (χ3v) is 6.89. The van der Waals surface area contributed by atoms with E-state index in [4.69, 9.17) is 58.0 Å². The molecular weight excluding hydrogens is 533 g/mol. The minimum atomic E-state index is -1.34. The molecule has 0 bridgehead atoms. The molecule has 1 aliphatic carbocycles. The highest BCUT2D eigenvalue weighted by Crippen LogP contribution is 2.65. The molecule has 10 heteroatoms. The van der Waals surface area contributed by atoms with Crippen molar-refractivity contribution in [1.29, 1.82) is 0 Å². The zero-order valence-electron chi connectivity index (χ0n) is 16.5. The van der Waals surface area contributed by atoms with Gasteiger partial charge in [-0.2, -0.15) is 0 Å². The normalized spacial score (nSPS) is 18.5. The van der Waals surface area contributed by atoms with Gasteiger partial charge in [-0.15, -0.1) is 23.2 Å². The smallest absolute Gasteiger partial charge is 0.258 e. The molecule has 0 heterocycles. The molecule has 1 fully saturated rings. The van der Waals surface area contributed by atoms with Crippen molar-refractivity contribution in [1.82, 2.24) is 0 Å². The van der Waals surface area contributed by atoms with Gasteiger partial charge in [0.05, 0.1) is 22.2 Å². The molecule has 1 aliphatic rings. The summed E-state index contributed by atoms with van der Waals surface area (Å²) < 4.78 is 12.6. The standard InChI is InChI=1S/C23H14Cl5FN2O2/c24-12-7-11(8-13(25)9-12)19-20(23(19,27)28)22(33)30-14-5-6-16(26)18(10-14)31-21(32)15-3-1-2-4-17(15)29/h1-10,19-20H,(H,30,33)(H,31,32). The first-order chi connectivity index (χ1) is 15.6. The Morgan fingerprint density at radius 2 is 1.55 bits per heavy atom. The fourth-order valence-corrected chi connectivity index (χ4v) is 5.11. The van der Waals surface area contributed by atoms with Gasteiger partial charge in [-0.25, -0.2) is 4.39 Å². The van der Waals surface area contributed by atoms with Gasteiger partial charge in [-0.1, -0.05) is 46.9 Å². The van der Waals surface area contributed by atoms with Crippen LogP contribution in [0.4, 0.5) is 15.8 Å². The van der Waals surface area contributed by atoms with Crippen LogP contribution in [0.25, 0.3) is 0 Å². The first-order valence-corrected chi connectivity index (χ1v) is 11.5. The number of hydrogen-bond acceptors (Lipinski definition) is 2. The Morgan fingerprint density at radius 1 is 0.879 bits per heavy atom. The van der Waals surface area contributed by atoms with E-state index in [1.807, 2.05) is 0 Å². The molecule has 0 saturated heterocycles. The molecule has 0 aromatic heterocycles. The van der Waals surface area contributed by atoms with Crippen LogP contribution in [0.1, 0.15) is 21.8 Å². The minimum absolute atomic E-state index is 0.141. The molecule has 4 nitrogen and oxygen atoms in total. The van der Waals surface area contributed by atoms with Gasteiger partial charge in [0.15, 0.2) is 0 Å².